The molecular formula is C22H36HfO. The Morgan fingerprint density at radius 1 is 0.833 bits per heavy atom. The number of rotatable bonds is 8. The molecule has 0 saturated carbocycles. The first-order chi connectivity index (χ1) is 11.6. The quantitative estimate of drug-likeness (QED) is 0.333. The summed E-state index contributed by atoms with van der Waals surface area (Å²) in [5, 5.41) is 0. The Labute approximate surface area is 161 Å². The monoisotopic (exact) mass is 496 g/mol. The fourth-order valence-corrected chi connectivity index (χ4v) is 9.15. The van der Waals surface area contributed by atoms with Crippen molar-refractivity contribution in [2.75, 3.05) is 14.2 Å². The first-order valence-electron chi connectivity index (χ1n) is 9.54. The number of hydrogen-bond acceptors (Lipinski definition) is 1. The zero-order chi connectivity index (χ0) is 17.9. The van der Waals surface area contributed by atoms with E-state index >= 15 is 0 Å². The predicted molar refractivity (Wildman–Crippen MR) is 103 cm³/mol. The second-order valence-electron chi connectivity index (χ2n) is 6.92. The van der Waals surface area contributed by atoms with E-state index in [9.17, 15) is 0 Å². The van der Waals surface area contributed by atoms with Gasteiger partial charge in [0.25, 0.3) is 0 Å². The molecule has 0 unspecified atom stereocenters. The molecule has 2 aliphatic rings. The summed E-state index contributed by atoms with van der Waals surface area (Å²) in [7, 11) is 3.25. The van der Waals surface area contributed by atoms with Gasteiger partial charge in [-0.15, -0.1) is 0 Å². The predicted octanol–water partition coefficient (Wildman–Crippen LogP) is 6.92. The Kier molecular flexibility index (Phi) is 11.1. The number of allylic oxidation sites excluding steroid dienone is 8. The van der Waals surface area contributed by atoms with E-state index in [4.69, 9.17) is 0 Å². The Morgan fingerprint density at radius 2 is 1.21 bits per heavy atom. The van der Waals surface area contributed by atoms with Crippen molar-refractivity contribution in [1.82, 2.24) is 0 Å². The number of hydrogen-bond donors (Lipinski definition) is 0. The Balaban J connectivity index is 0.000000891. The van der Waals surface area contributed by atoms with Crippen molar-refractivity contribution in [2.24, 2.45) is 0 Å². The van der Waals surface area contributed by atoms with Gasteiger partial charge < -0.3 is 4.74 Å². The zero-order valence-electron chi connectivity index (χ0n) is 16.7. The average molecular weight is 495 g/mol. The summed E-state index contributed by atoms with van der Waals surface area (Å²) in [5.41, 5.74) is 6.87. The molecule has 0 heterocycles. The number of ether oxygens (including phenoxy) is 1. The van der Waals surface area contributed by atoms with E-state index in [1.54, 1.807) is 36.5 Å². The minimum atomic E-state index is -0.841. The molecule has 2 rings (SSSR count). The summed E-state index contributed by atoms with van der Waals surface area (Å²) in [4.78, 5) is 0. The van der Waals surface area contributed by atoms with E-state index in [1.165, 1.54) is 51.4 Å². The third kappa shape index (κ3) is 6.60. The van der Waals surface area contributed by atoms with Crippen LogP contribution >= 0.6 is 0 Å². The van der Waals surface area contributed by atoms with Gasteiger partial charge in [0.2, 0.25) is 0 Å². The van der Waals surface area contributed by atoms with Gasteiger partial charge in [-0.2, -0.15) is 0 Å². The molecule has 0 atom stereocenters. The summed E-state index contributed by atoms with van der Waals surface area (Å²) in [6.07, 6.45) is 15.6. The fourth-order valence-electron chi connectivity index (χ4n) is 3.20. The van der Waals surface area contributed by atoms with Crippen LogP contribution in [0, 0.1) is 0 Å². The maximum Gasteiger partial charge on any atom is 0.0351 e. The van der Waals surface area contributed by atoms with E-state index in [2.05, 4.69) is 44.6 Å². The fraction of sp³-hybridized carbons (Fsp3) is 0.636. The van der Waals surface area contributed by atoms with Gasteiger partial charge in [-0.05, 0) is 0 Å². The summed E-state index contributed by atoms with van der Waals surface area (Å²) in [6, 6.07) is 0. The smallest absolute Gasteiger partial charge is 0.0351 e. The molecule has 0 radical (unpaired) electrons. The molecule has 0 spiro atoms. The van der Waals surface area contributed by atoms with Crippen LogP contribution in [-0.4, -0.2) is 14.2 Å². The van der Waals surface area contributed by atoms with Crippen LogP contribution in [0.15, 0.2) is 41.1 Å². The normalized spacial score (nSPS) is 16.9. The van der Waals surface area contributed by atoms with Crippen LogP contribution in [0.5, 0.6) is 0 Å². The first kappa shape index (κ1) is 21.8. The summed E-state index contributed by atoms with van der Waals surface area (Å²) in [6.45, 7) is 9.39. The van der Waals surface area contributed by atoms with Crippen molar-refractivity contribution in [2.45, 2.75) is 79.1 Å². The molecule has 2 aliphatic carbocycles. The van der Waals surface area contributed by atoms with Crippen molar-refractivity contribution >= 4 is 0 Å². The maximum atomic E-state index is 4.25. The van der Waals surface area contributed by atoms with Crippen LogP contribution in [0.25, 0.3) is 0 Å². The first-order valence-corrected chi connectivity index (χ1v) is 13.1. The third-order valence-corrected chi connectivity index (χ3v) is 11.8. The topological polar surface area (TPSA) is 9.23 Å². The van der Waals surface area contributed by atoms with Crippen molar-refractivity contribution in [3.8, 4) is 0 Å². The van der Waals surface area contributed by atoms with Crippen LogP contribution in [0.3, 0.4) is 0 Å². The van der Waals surface area contributed by atoms with Crippen LogP contribution in [0.2, 0.25) is 0 Å². The molecule has 0 saturated heterocycles. The number of methoxy groups -OCH3 is 1. The molecule has 2 heteroatoms. The van der Waals surface area contributed by atoms with Crippen molar-refractivity contribution in [3.05, 3.63) is 41.1 Å². The van der Waals surface area contributed by atoms with Gasteiger partial charge in [0.15, 0.2) is 0 Å². The second kappa shape index (κ2) is 12.2. The van der Waals surface area contributed by atoms with Gasteiger partial charge in [0.1, 0.15) is 0 Å². The van der Waals surface area contributed by atoms with Gasteiger partial charge in [0, 0.05) is 14.2 Å². The van der Waals surface area contributed by atoms with Crippen molar-refractivity contribution in [3.63, 3.8) is 0 Å². The maximum absolute atomic E-state index is 4.25. The van der Waals surface area contributed by atoms with Crippen LogP contribution in [0.4, 0.5) is 0 Å². The van der Waals surface area contributed by atoms with Gasteiger partial charge in [-0.25, -0.2) is 0 Å². The molecule has 1 nitrogen and oxygen atoms in total. The van der Waals surface area contributed by atoms with E-state index in [0.717, 1.165) is 0 Å². The standard InChI is InChI=1S/2C10H15.C2H6O.Hf/c2*1-3-4-5-10-7-6-9(2)8-10;1-3-2;/h2*7H,3-6H2,1-2H3;1-2H3;. The average Bonchev–Trinajstić information content (AvgIpc) is 3.09. The van der Waals surface area contributed by atoms with E-state index < -0.39 is 22.9 Å². The third-order valence-electron chi connectivity index (χ3n) is 4.65. The molecular weight excluding hydrogens is 459 g/mol. The molecule has 0 aliphatic heterocycles. The van der Waals surface area contributed by atoms with Gasteiger partial charge in [-0.3, -0.25) is 0 Å². The van der Waals surface area contributed by atoms with Gasteiger partial charge in [0.05, 0.1) is 0 Å². The minimum absolute atomic E-state index is 0.841. The van der Waals surface area contributed by atoms with Crippen LogP contribution < -0.4 is 0 Å². The van der Waals surface area contributed by atoms with E-state index in [-0.39, 0.29) is 0 Å². The molecule has 0 aromatic heterocycles. The molecule has 0 fully saturated rings. The molecule has 0 N–H and O–H groups in total. The Hall–Kier alpha value is -0.210. The molecule has 0 aromatic carbocycles. The summed E-state index contributed by atoms with van der Waals surface area (Å²) in [5.74, 6) is 0. The van der Waals surface area contributed by atoms with Crippen LogP contribution in [0.1, 0.15) is 79.1 Å². The SMILES string of the molecule is CCCCC1=CCC(C)=[C]1[Hf][C]1=C(C)CC=C1CCCC.COC. The molecule has 134 valence electrons. The largest absolute Gasteiger partial charge is 0.388 e. The van der Waals surface area contributed by atoms with E-state index in [1.807, 2.05) is 6.66 Å². The minimum Gasteiger partial charge on any atom is -0.388 e. The molecule has 0 aromatic rings. The Bertz CT molecular complexity index is 474. The van der Waals surface area contributed by atoms with Crippen LogP contribution in [-0.2, 0) is 27.6 Å². The van der Waals surface area contributed by atoms with Crippen molar-refractivity contribution in [1.29, 1.82) is 0 Å². The summed E-state index contributed by atoms with van der Waals surface area (Å²) >= 11 is -0.841. The number of unbranched alkanes of at least 4 members (excludes halogenated alkanes) is 2. The van der Waals surface area contributed by atoms with Gasteiger partial charge in [-0.1, -0.05) is 0 Å². The van der Waals surface area contributed by atoms with Gasteiger partial charge >= 0.3 is 143 Å². The molecule has 0 amide bonds. The second-order valence-corrected chi connectivity index (χ2v) is 11.4. The molecule has 0 bridgehead atoms. The molecule has 24 heavy (non-hydrogen) atoms. The zero-order valence-corrected chi connectivity index (χ0v) is 20.3. The van der Waals surface area contributed by atoms with E-state index in [0.29, 0.717) is 0 Å². The Morgan fingerprint density at radius 3 is 1.54 bits per heavy atom. The van der Waals surface area contributed by atoms with Crippen molar-refractivity contribution < 1.29 is 27.6 Å². The summed E-state index contributed by atoms with van der Waals surface area (Å²) < 4.78 is 7.98.